The highest BCUT2D eigenvalue weighted by atomic mass is 35.5. The summed E-state index contributed by atoms with van der Waals surface area (Å²) in [7, 11) is 0.385. The highest BCUT2D eigenvalue weighted by molar-refractivity contribution is 7.85. The summed E-state index contributed by atoms with van der Waals surface area (Å²) in [5.74, 6) is 0.153. The molecule has 0 heterocycles. The summed E-state index contributed by atoms with van der Waals surface area (Å²) in [6.45, 7) is 0.540. The predicted molar refractivity (Wildman–Crippen MR) is 75.2 cm³/mol. The number of ether oxygens (including phenoxy) is 1. The minimum absolute atomic E-state index is 0.0379. The summed E-state index contributed by atoms with van der Waals surface area (Å²) < 4.78 is 16.5. The molecular formula is C12H14Cl2O3S. The van der Waals surface area contributed by atoms with E-state index in [1.807, 2.05) is 0 Å². The monoisotopic (exact) mass is 308 g/mol. The number of rotatable bonds is 7. The molecule has 1 aromatic carbocycles. The van der Waals surface area contributed by atoms with Crippen LogP contribution in [0.3, 0.4) is 0 Å². The van der Waals surface area contributed by atoms with Gasteiger partial charge in [-0.3, -0.25) is 9.00 Å². The van der Waals surface area contributed by atoms with E-state index in [0.717, 1.165) is 0 Å². The van der Waals surface area contributed by atoms with Crippen molar-refractivity contribution in [3.05, 3.63) is 33.8 Å². The third kappa shape index (κ3) is 5.06. The lowest BCUT2D eigenvalue weighted by Gasteiger charge is -2.04. The van der Waals surface area contributed by atoms with Crippen molar-refractivity contribution in [1.29, 1.82) is 0 Å². The summed E-state index contributed by atoms with van der Waals surface area (Å²) >= 11 is 11.7. The lowest BCUT2D eigenvalue weighted by molar-refractivity contribution is 0.102. The summed E-state index contributed by atoms with van der Waals surface area (Å²) in [5, 5.41) is 0.770. The lowest BCUT2D eigenvalue weighted by atomic mass is 10.1. The number of benzene rings is 1. The molecule has 0 fully saturated rings. The van der Waals surface area contributed by atoms with Crippen LogP contribution in [0, 0.1) is 0 Å². The number of carbonyl (C=O) groups excluding carboxylic acids is 1. The Labute approximate surface area is 119 Å². The molecule has 1 atom stereocenters. The van der Waals surface area contributed by atoms with Crippen molar-refractivity contribution in [1.82, 2.24) is 0 Å². The Morgan fingerprint density at radius 2 is 2.11 bits per heavy atom. The molecule has 1 rings (SSSR count). The van der Waals surface area contributed by atoms with E-state index in [1.54, 1.807) is 19.2 Å². The topological polar surface area (TPSA) is 43.4 Å². The number of hydrogen-bond acceptors (Lipinski definition) is 3. The van der Waals surface area contributed by atoms with Crippen LogP contribution in [0.5, 0.6) is 0 Å². The van der Waals surface area contributed by atoms with Crippen molar-refractivity contribution in [3.8, 4) is 0 Å². The van der Waals surface area contributed by atoms with E-state index in [4.69, 9.17) is 27.9 Å². The fourth-order valence-corrected chi connectivity index (χ4v) is 2.80. The highest BCUT2D eigenvalue weighted by Crippen LogP contribution is 2.21. The maximum absolute atomic E-state index is 11.9. The zero-order valence-corrected chi connectivity index (χ0v) is 12.3. The van der Waals surface area contributed by atoms with E-state index in [9.17, 15) is 9.00 Å². The molecule has 0 bridgehead atoms. The Kier molecular flexibility index (Phi) is 6.86. The van der Waals surface area contributed by atoms with Crippen LogP contribution < -0.4 is 0 Å². The van der Waals surface area contributed by atoms with E-state index in [1.165, 1.54) is 6.07 Å². The van der Waals surface area contributed by atoms with E-state index in [-0.39, 0.29) is 11.5 Å². The third-order valence-electron chi connectivity index (χ3n) is 2.24. The van der Waals surface area contributed by atoms with Crippen molar-refractivity contribution in [3.63, 3.8) is 0 Å². The van der Waals surface area contributed by atoms with Crippen LogP contribution in [0.15, 0.2) is 18.2 Å². The van der Waals surface area contributed by atoms with Crippen LogP contribution in [-0.2, 0) is 15.5 Å². The molecule has 6 heteroatoms. The maximum Gasteiger partial charge on any atom is 0.176 e. The quantitative estimate of drug-likeness (QED) is 0.574. The van der Waals surface area contributed by atoms with Crippen molar-refractivity contribution in [2.45, 2.75) is 6.42 Å². The van der Waals surface area contributed by atoms with Crippen molar-refractivity contribution in [2.24, 2.45) is 0 Å². The minimum Gasteiger partial charge on any atom is -0.385 e. The number of Topliss-reactive ketones (excluding diaryl/α,β-unsaturated/α-hetero) is 1. The van der Waals surface area contributed by atoms with Gasteiger partial charge in [0.05, 0.1) is 10.8 Å². The molecule has 3 nitrogen and oxygen atoms in total. The fourth-order valence-electron chi connectivity index (χ4n) is 1.37. The smallest absolute Gasteiger partial charge is 0.176 e. The van der Waals surface area contributed by atoms with E-state index < -0.39 is 10.8 Å². The molecule has 1 unspecified atom stereocenters. The molecular weight excluding hydrogens is 295 g/mol. The van der Waals surface area contributed by atoms with Crippen molar-refractivity contribution < 1.29 is 13.7 Å². The van der Waals surface area contributed by atoms with Crippen LogP contribution in [-0.4, -0.2) is 35.2 Å². The maximum atomic E-state index is 11.9. The zero-order valence-electron chi connectivity index (χ0n) is 9.95. The first-order valence-corrected chi connectivity index (χ1v) is 7.61. The Bertz CT molecular complexity index is 449. The number of ketones is 1. The first kappa shape index (κ1) is 15.6. The Hall–Kier alpha value is -0.420. The molecule has 0 amide bonds. The van der Waals surface area contributed by atoms with Crippen molar-refractivity contribution in [2.75, 3.05) is 25.2 Å². The molecule has 0 aliphatic carbocycles. The van der Waals surface area contributed by atoms with Gasteiger partial charge in [-0.15, -0.1) is 0 Å². The minimum atomic E-state index is -1.20. The van der Waals surface area contributed by atoms with Crippen LogP contribution in [0.4, 0.5) is 0 Å². The van der Waals surface area contributed by atoms with Gasteiger partial charge in [-0.25, -0.2) is 0 Å². The Morgan fingerprint density at radius 1 is 1.39 bits per heavy atom. The Morgan fingerprint density at radius 3 is 2.78 bits per heavy atom. The van der Waals surface area contributed by atoms with Crippen LogP contribution >= 0.6 is 23.2 Å². The third-order valence-corrected chi connectivity index (χ3v) is 4.13. The van der Waals surface area contributed by atoms with E-state index >= 15 is 0 Å². The first-order chi connectivity index (χ1) is 8.54. The molecule has 0 aliphatic rings. The summed E-state index contributed by atoms with van der Waals surface area (Å²) in [5.41, 5.74) is 0.323. The van der Waals surface area contributed by atoms with Gasteiger partial charge in [0.15, 0.2) is 5.78 Å². The molecule has 100 valence electrons. The molecule has 0 saturated carbocycles. The SMILES string of the molecule is COCCCS(=O)CC(=O)c1cc(Cl)ccc1Cl. The highest BCUT2D eigenvalue weighted by Gasteiger charge is 2.14. The fraction of sp³-hybridized carbons (Fsp3) is 0.417. The molecule has 0 N–H and O–H groups in total. The second kappa shape index (κ2) is 7.89. The van der Waals surface area contributed by atoms with Gasteiger partial charge >= 0.3 is 0 Å². The molecule has 0 saturated heterocycles. The average Bonchev–Trinajstić information content (AvgIpc) is 2.32. The molecule has 0 aromatic heterocycles. The van der Waals surface area contributed by atoms with Gasteiger partial charge in [0.25, 0.3) is 0 Å². The van der Waals surface area contributed by atoms with Gasteiger partial charge in [-0.2, -0.15) is 0 Å². The van der Waals surface area contributed by atoms with Gasteiger partial charge in [0, 0.05) is 40.9 Å². The number of hydrogen-bond donors (Lipinski definition) is 0. The Balaban J connectivity index is 2.59. The second-order valence-electron chi connectivity index (χ2n) is 3.68. The van der Waals surface area contributed by atoms with Gasteiger partial charge in [0.2, 0.25) is 0 Å². The second-order valence-corrected chi connectivity index (χ2v) is 6.10. The van der Waals surface area contributed by atoms with Crippen LogP contribution in [0.1, 0.15) is 16.8 Å². The van der Waals surface area contributed by atoms with Gasteiger partial charge in [-0.05, 0) is 24.6 Å². The molecule has 0 radical (unpaired) electrons. The summed E-state index contributed by atoms with van der Waals surface area (Å²) in [6.07, 6.45) is 0.666. The van der Waals surface area contributed by atoms with E-state index in [2.05, 4.69) is 0 Å². The number of methoxy groups -OCH3 is 1. The average molecular weight is 309 g/mol. The zero-order chi connectivity index (χ0) is 13.5. The lowest BCUT2D eigenvalue weighted by Crippen LogP contribution is -2.14. The van der Waals surface area contributed by atoms with Crippen LogP contribution in [0.2, 0.25) is 10.0 Å². The van der Waals surface area contributed by atoms with Gasteiger partial charge < -0.3 is 4.74 Å². The molecule has 1 aromatic rings. The molecule has 0 aliphatic heterocycles. The largest absolute Gasteiger partial charge is 0.385 e. The first-order valence-electron chi connectivity index (χ1n) is 5.36. The summed E-state index contributed by atoms with van der Waals surface area (Å²) in [6, 6.07) is 4.67. The van der Waals surface area contributed by atoms with E-state index in [0.29, 0.717) is 34.4 Å². The molecule has 18 heavy (non-hydrogen) atoms. The number of carbonyl (C=O) groups is 1. The normalized spacial score (nSPS) is 12.4. The molecule has 0 spiro atoms. The standard InChI is InChI=1S/C12H14Cl2O3S/c1-17-5-2-6-18(16)8-12(15)10-7-9(13)3-4-11(10)14/h3-4,7H,2,5-6,8H2,1H3. The predicted octanol–water partition coefficient (Wildman–Crippen LogP) is 2.96. The number of halogens is 2. The van der Waals surface area contributed by atoms with Crippen molar-refractivity contribution >= 4 is 39.8 Å². The van der Waals surface area contributed by atoms with Crippen LogP contribution in [0.25, 0.3) is 0 Å². The van der Waals surface area contributed by atoms with Gasteiger partial charge in [0.1, 0.15) is 0 Å². The summed E-state index contributed by atoms with van der Waals surface area (Å²) in [4.78, 5) is 11.9. The van der Waals surface area contributed by atoms with Gasteiger partial charge in [-0.1, -0.05) is 23.2 Å².